The van der Waals surface area contributed by atoms with Crippen LogP contribution in [0.4, 0.5) is 5.69 Å². The van der Waals surface area contributed by atoms with Crippen molar-refractivity contribution in [2.24, 2.45) is 0 Å². The molecule has 3 aromatic rings. The second-order valence-corrected chi connectivity index (χ2v) is 9.21. The molecule has 8 nitrogen and oxygen atoms in total. The molecule has 0 bridgehead atoms. The number of nitrogens with one attached hydrogen (secondary N) is 1. The van der Waals surface area contributed by atoms with Crippen molar-refractivity contribution in [2.75, 3.05) is 40.8 Å². The number of hydrogen-bond acceptors (Lipinski definition) is 7. The Hall–Kier alpha value is -3.43. The standard InChI is InChI=1S/C25H25ClN2O6S/c1-28-23(21-7-6-8-35-21)22(13-9-19(33-4)20(34-5)10-14(13)25(28)30)24(29)27-16-11-15(26)17(31-2)12-18(16)32-3/h6-12,22-23H,1-5H3,(H,27,29)/t22-,23-/m1/s1. The first-order valence-electron chi connectivity index (χ1n) is 10.6. The second-order valence-electron chi connectivity index (χ2n) is 7.82. The third-order valence-corrected chi connectivity index (χ3v) is 7.26. The molecule has 0 radical (unpaired) electrons. The molecule has 0 saturated heterocycles. The van der Waals surface area contributed by atoms with Crippen LogP contribution < -0.4 is 24.3 Å². The van der Waals surface area contributed by atoms with Crippen molar-refractivity contribution < 1.29 is 28.5 Å². The van der Waals surface area contributed by atoms with E-state index >= 15 is 0 Å². The number of carbonyl (C=O) groups is 2. The molecule has 1 N–H and O–H groups in total. The zero-order valence-corrected chi connectivity index (χ0v) is 21.5. The summed E-state index contributed by atoms with van der Waals surface area (Å²) in [6.07, 6.45) is 0. The number of amides is 2. The Morgan fingerprint density at radius 3 is 2.23 bits per heavy atom. The molecule has 0 fully saturated rings. The van der Waals surface area contributed by atoms with Gasteiger partial charge in [-0.1, -0.05) is 17.7 Å². The van der Waals surface area contributed by atoms with Gasteiger partial charge in [0.2, 0.25) is 5.91 Å². The highest BCUT2D eigenvalue weighted by Gasteiger charge is 2.44. The third-order valence-electron chi connectivity index (χ3n) is 6.02. The molecule has 0 spiro atoms. The first-order chi connectivity index (χ1) is 16.8. The lowest BCUT2D eigenvalue weighted by Gasteiger charge is -2.39. The number of fused-ring (bicyclic) bond motifs is 1. The van der Waals surface area contributed by atoms with Gasteiger partial charge in [0.1, 0.15) is 11.5 Å². The number of anilines is 1. The summed E-state index contributed by atoms with van der Waals surface area (Å²) in [5, 5.41) is 5.18. The van der Waals surface area contributed by atoms with E-state index in [1.165, 1.54) is 39.8 Å². The van der Waals surface area contributed by atoms with Gasteiger partial charge >= 0.3 is 0 Å². The highest BCUT2D eigenvalue weighted by Crippen LogP contribution is 2.47. The molecule has 2 aromatic carbocycles. The average Bonchev–Trinajstić information content (AvgIpc) is 3.39. The van der Waals surface area contributed by atoms with Crippen LogP contribution in [-0.4, -0.2) is 52.2 Å². The third kappa shape index (κ3) is 4.37. The van der Waals surface area contributed by atoms with Gasteiger partial charge in [0.05, 0.1) is 51.1 Å². The number of benzene rings is 2. The van der Waals surface area contributed by atoms with Crippen molar-refractivity contribution in [3.8, 4) is 23.0 Å². The van der Waals surface area contributed by atoms with E-state index in [0.29, 0.717) is 44.8 Å². The van der Waals surface area contributed by atoms with E-state index < -0.39 is 12.0 Å². The summed E-state index contributed by atoms with van der Waals surface area (Å²) in [5.74, 6) is 0.339. The summed E-state index contributed by atoms with van der Waals surface area (Å²) in [4.78, 5) is 29.8. The molecule has 35 heavy (non-hydrogen) atoms. The number of rotatable bonds is 7. The maximum Gasteiger partial charge on any atom is 0.254 e. The quantitative estimate of drug-likeness (QED) is 0.476. The van der Waals surface area contributed by atoms with Crippen molar-refractivity contribution in [3.63, 3.8) is 0 Å². The summed E-state index contributed by atoms with van der Waals surface area (Å²) < 4.78 is 21.6. The first kappa shape index (κ1) is 24.7. The van der Waals surface area contributed by atoms with Gasteiger partial charge in [-0.05, 0) is 35.2 Å². The fourth-order valence-corrected chi connectivity index (χ4v) is 5.46. The molecular weight excluding hydrogens is 492 g/mol. The maximum atomic E-state index is 13.9. The van der Waals surface area contributed by atoms with Gasteiger partial charge in [0.15, 0.2) is 11.5 Å². The SMILES string of the molecule is COc1cc(OC)c(NC(=O)[C@@H]2c3cc(OC)c(OC)cc3C(=O)N(C)[C@@H]2c2cccs2)cc1Cl. The van der Waals surface area contributed by atoms with E-state index in [2.05, 4.69) is 5.32 Å². The summed E-state index contributed by atoms with van der Waals surface area (Å²) in [6, 6.07) is 9.76. The van der Waals surface area contributed by atoms with Crippen molar-refractivity contribution in [3.05, 3.63) is 62.8 Å². The molecule has 1 aliphatic heterocycles. The number of hydrogen-bond donors (Lipinski definition) is 1. The van der Waals surface area contributed by atoms with Crippen molar-refractivity contribution >= 4 is 40.4 Å². The molecule has 10 heteroatoms. The molecule has 1 aromatic heterocycles. The average molecular weight is 517 g/mol. The lowest BCUT2D eigenvalue weighted by molar-refractivity contribution is -0.119. The Morgan fingerprint density at radius 1 is 0.971 bits per heavy atom. The fraction of sp³-hybridized carbons (Fsp3) is 0.280. The van der Waals surface area contributed by atoms with Gasteiger partial charge in [-0.25, -0.2) is 0 Å². The van der Waals surface area contributed by atoms with Gasteiger partial charge in [-0.15, -0.1) is 11.3 Å². The summed E-state index contributed by atoms with van der Waals surface area (Å²) >= 11 is 7.80. The summed E-state index contributed by atoms with van der Waals surface area (Å²) in [6.45, 7) is 0. The minimum atomic E-state index is -0.753. The van der Waals surface area contributed by atoms with Crippen LogP contribution in [0.15, 0.2) is 41.8 Å². The number of ether oxygens (including phenoxy) is 4. The molecule has 1 aliphatic rings. The van der Waals surface area contributed by atoms with E-state index in [0.717, 1.165) is 4.88 Å². The number of halogens is 1. The Labute approximate surface area is 212 Å². The van der Waals surface area contributed by atoms with Crippen LogP contribution in [0.5, 0.6) is 23.0 Å². The monoisotopic (exact) mass is 516 g/mol. The van der Waals surface area contributed by atoms with E-state index in [1.54, 1.807) is 36.2 Å². The molecule has 4 rings (SSSR count). The van der Waals surface area contributed by atoms with Gasteiger partial charge in [0, 0.05) is 23.6 Å². The lowest BCUT2D eigenvalue weighted by atomic mass is 9.81. The number of methoxy groups -OCH3 is 4. The van der Waals surface area contributed by atoms with Crippen LogP contribution in [0.25, 0.3) is 0 Å². The summed E-state index contributed by atoms with van der Waals surface area (Å²) in [7, 11) is 7.69. The Kier molecular flexibility index (Phi) is 7.09. The molecule has 0 unspecified atom stereocenters. The molecule has 2 amide bonds. The smallest absolute Gasteiger partial charge is 0.254 e. The zero-order valence-electron chi connectivity index (χ0n) is 19.9. The summed E-state index contributed by atoms with van der Waals surface area (Å²) in [5.41, 5.74) is 1.30. The van der Waals surface area contributed by atoms with Crippen LogP contribution in [-0.2, 0) is 4.79 Å². The fourth-order valence-electron chi connectivity index (χ4n) is 4.31. The van der Waals surface area contributed by atoms with E-state index in [1.807, 2.05) is 17.5 Å². The van der Waals surface area contributed by atoms with Crippen LogP contribution in [0.3, 0.4) is 0 Å². The Bertz CT molecular complexity index is 1260. The molecule has 0 aliphatic carbocycles. The first-order valence-corrected chi connectivity index (χ1v) is 11.9. The lowest BCUT2D eigenvalue weighted by Crippen LogP contribution is -2.43. The molecule has 2 heterocycles. The van der Waals surface area contributed by atoms with Crippen LogP contribution in [0.1, 0.15) is 32.8 Å². The van der Waals surface area contributed by atoms with Crippen LogP contribution in [0.2, 0.25) is 5.02 Å². The number of nitrogens with zero attached hydrogens (tertiary/aromatic N) is 1. The van der Waals surface area contributed by atoms with Crippen LogP contribution in [0, 0.1) is 0 Å². The van der Waals surface area contributed by atoms with Gasteiger partial charge < -0.3 is 29.2 Å². The number of carbonyl (C=O) groups excluding carboxylic acids is 2. The minimum Gasteiger partial charge on any atom is -0.495 e. The highest BCUT2D eigenvalue weighted by molar-refractivity contribution is 7.10. The topological polar surface area (TPSA) is 86.3 Å². The van der Waals surface area contributed by atoms with Crippen molar-refractivity contribution in [1.29, 1.82) is 0 Å². The van der Waals surface area contributed by atoms with Gasteiger partial charge in [0.25, 0.3) is 5.91 Å². The van der Waals surface area contributed by atoms with Gasteiger partial charge in [-0.2, -0.15) is 0 Å². The van der Waals surface area contributed by atoms with Crippen molar-refractivity contribution in [2.45, 2.75) is 12.0 Å². The molecular formula is C25H25ClN2O6S. The zero-order chi connectivity index (χ0) is 25.3. The number of likely N-dealkylation sites (N-methyl/N-ethyl adjacent to an activating group) is 1. The second kappa shape index (κ2) is 10.1. The van der Waals surface area contributed by atoms with E-state index in [9.17, 15) is 9.59 Å². The molecule has 0 saturated carbocycles. The Morgan fingerprint density at radius 2 is 1.63 bits per heavy atom. The Balaban J connectivity index is 1.86. The van der Waals surface area contributed by atoms with Crippen molar-refractivity contribution in [1.82, 2.24) is 4.90 Å². The number of thiophene rings is 1. The van der Waals surface area contributed by atoms with Crippen LogP contribution >= 0.6 is 22.9 Å². The predicted octanol–water partition coefficient (Wildman–Crippen LogP) is 4.99. The largest absolute Gasteiger partial charge is 0.495 e. The molecule has 2 atom stereocenters. The van der Waals surface area contributed by atoms with E-state index in [4.69, 9.17) is 30.5 Å². The highest BCUT2D eigenvalue weighted by atomic mass is 35.5. The minimum absolute atomic E-state index is 0.214. The molecule has 184 valence electrons. The van der Waals surface area contributed by atoms with Gasteiger partial charge in [-0.3, -0.25) is 9.59 Å². The normalized spacial score (nSPS) is 17.0. The maximum absolute atomic E-state index is 13.9. The predicted molar refractivity (Wildman–Crippen MR) is 135 cm³/mol. The van der Waals surface area contributed by atoms with E-state index in [-0.39, 0.29) is 11.8 Å².